The molecule has 0 spiro atoms. The summed E-state index contributed by atoms with van der Waals surface area (Å²) < 4.78 is 5.43. The molecule has 0 amide bonds. The van der Waals surface area contributed by atoms with Gasteiger partial charge in [0.1, 0.15) is 0 Å². The number of likely N-dealkylation sites (tertiary alicyclic amines) is 1. The lowest BCUT2D eigenvalue weighted by Crippen LogP contribution is -2.52. The maximum atomic E-state index is 5.54. The van der Waals surface area contributed by atoms with Crippen molar-refractivity contribution in [2.24, 2.45) is 0 Å². The Labute approximate surface area is 110 Å². The van der Waals surface area contributed by atoms with E-state index in [9.17, 15) is 0 Å². The third-order valence-electron chi connectivity index (χ3n) is 4.11. The highest BCUT2D eigenvalue weighted by Gasteiger charge is 2.28. The highest BCUT2D eigenvalue weighted by molar-refractivity contribution is 7.80. The molecule has 1 aliphatic heterocycles. The molecule has 1 heterocycles. The molecule has 0 aromatic heterocycles. The van der Waals surface area contributed by atoms with E-state index in [4.69, 9.17) is 17.0 Å². The van der Waals surface area contributed by atoms with E-state index in [1.165, 1.54) is 25.7 Å². The maximum Gasteiger partial charge on any atom is 0.169 e. The predicted molar refractivity (Wildman–Crippen MR) is 74.2 cm³/mol. The molecule has 0 bridgehead atoms. The Morgan fingerprint density at radius 3 is 2.59 bits per heavy atom. The number of hydrogen-bond acceptors (Lipinski definition) is 2. The second kappa shape index (κ2) is 6.01. The van der Waals surface area contributed by atoms with Gasteiger partial charge in [-0.3, -0.25) is 0 Å². The van der Waals surface area contributed by atoms with Gasteiger partial charge in [-0.25, -0.2) is 0 Å². The molecule has 2 fully saturated rings. The molecular weight excluding hydrogens is 232 g/mol. The van der Waals surface area contributed by atoms with E-state index in [0.29, 0.717) is 18.2 Å². The van der Waals surface area contributed by atoms with E-state index in [0.717, 1.165) is 24.5 Å². The van der Waals surface area contributed by atoms with E-state index in [1.54, 1.807) is 0 Å². The number of piperidine rings is 1. The zero-order valence-electron chi connectivity index (χ0n) is 10.9. The van der Waals surface area contributed by atoms with Crippen molar-refractivity contribution in [3.05, 3.63) is 0 Å². The molecule has 1 saturated heterocycles. The van der Waals surface area contributed by atoms with Gasteiger partial charge in [0.05, 0.1) is 6.10 Å². The molecule has 2 aliphatic rings. The summed E-state index contributed by atoms with van der Waals surface area (Å²) in [7, 11) is 1.81. The lowest BCUT2D eigenvalue weighted by atomic mass is 10.0. The van der Waals surface area contributed by atoms with Crippen molar-refractivity contribution in [2.75, 3.05) is 13.7 Å². The monoisotopic (exact) mass is 256 g/mol. The standard InChI is InChI=1S/C13H24N2OS/c1-10-9-12(16-2)7-8-15(10)13(17)14-11-5-3-4-6-11/h10-12H,3-9H2,1-2H3,(H,14,17). The van der Waals surface area contributed by atoms with Gasteiger partial charge in [-0.1, -0.05) is 12.8 Å². The minimum atomic E-state index is 0.413. The van der Waals surface area contributed by atoms with Gasteiger partial charge in [0.2, 0.25) is 0 Å². The molecule has 2 unspecified atom stereocenters. The van der Waals surface area contributed by atoms with E-state index < -0.39 is 0 Å². The molecule has 2 atom stereocenters. The molecular formula is C13H24N2OS. The van der Waals surface area contributed by atoms with Gasteiger partial charge in [0.15, 0.2) is 5.11 Å². The highest BCUT2D eigenvalue weighted by atomic mass is 32.1. The summed E-state index contributed by atoms with van der Waals surface area (Å²) in [6.45, 7) is 3.27. The minimum Gasteiger partial charge on any atom is -0.381 e. The summed E-state index contributed by atoms with van der Waals surface area (Å²) in [6.07, 6.45) is 7.85. The van der Waals surface area contributed by atoms with Crippen LogP contribution >= 0.6 is 12.2 Å². The fraction of sp³-hybridized carbons (Fsp3) is 0.923. The van der Waals surface area contributed by atoms with Gasteiger partial charge in [-0.05, 0) is 44.8 Å². The third-order valence-corrected chi connectivity index (χ3v) is 4.46. The molecule has 0 radical (unpaired) electrons. The van der Waals surface area contributed by atoms with Gasteiger partial charge in [-0.15, -0.1) is 0 Å². The summed E-state index contributed by atoms with van der Waals surface area (Å²) in [5.74, 6) is 0. The van der Waals surface area contributed by atoms with E-state index >= 15 is 0 Å². The second-order valence-electron chi connectivity index (χ2n) is 5.36. The van der Waals surface area contributed by atoms with Crippen LogP contribution in [0.15, 0.2) is 0 Å². The Kier molecular flexibility index (Phi) is 4.62. The summed E-state index contributed by atoms with van der Waals surface area (Å²) in [5, 5.41) is 4.49. The fourth-order valence-electron chi connectivity index (χ4n) is 2.97. The van der Waals surface area contributed by atoms with Crippen molar-refractivity contribution in [3.63, 3.8) is 0 Å². The van der Waals surface area contributed by atoms with Crippen molar-refractivity contribution in [1.82, 2.24) is 10.2 Å². The van der Waals surface area contributed by atoms with Crippen LogP contribution in [-0.4, -0.2) is 41.9 Å². The molecule has 0 aromatic rings. The third kappa shape index (κ3) is 3.32. The lowest BCUT2D eigenvalue weighted by molar-refractivity contribution is 0.0382. The molecule has 1 saturated carbocycles. The Morgan fingerprint density at radius 2 is 2.00 bits per heavy atom. The van der Waals surface area contributed by atoms with Crippen molar-refractivity contribution >= 4 is 17.3 Å². The zero-order valence-corrected chi connectivity index (χ0v) is 11.8. The van der Waals surface area contributed by atoms with E-state index in [-0.39, 0.29) is 0 Å². The lowest BCUT2D eigenvalue weighted by Gasteiger charge is -2.39. The summed E-state index contributed by atoms with van der Waals surface area (Å²) in [5.41, 5.74) is 0. The smallest absolute Gasteiger partial charge is 0.169 e. The molecule has 3 nitrogen and oxygen atoms in total. The van der Waals surface area contributed by atoms with Crippen molar-refractivity contribution in [3.8, 4) is 0 Å². The number of rotatable bonds is 2. The fourth-order valence-corrected chi connectivity index (χ4v) is 3.41. The first kappa shape index (κ1) is 13.1. The SMILES string of the molecule is COC1CCN(C(=S)NC2CCCC2)C(C)C1. The first-order valence-electron chi connectivity index (χ1n) is 6.80. The molecule has 1 aliphatic carbocycles. The number of ether oxygens (including phenoxy) is 1. The average molecular weight is 256 g/mol. The van der Waals surface area contributed by atoms with Crippen molar-refractivity contribution in [2.45, 2.75) is 63.6 Å². The largest absolute Gasteiger partial charge is 0.381 e. The predicted octanol–water partition coefficient (Wildman–Crippen LogP) is 2.30. The van der Waals surface area contributed by atoms with Gasteiger partial charge in [0.25, 0.3) is 0 Å². The number of methoxy groups -OCH3 is 1. The van der Waals surface area contributed by atoms with Crippen LogP contribution in [0.3, 0.4) is 0 Å². The van der Waals surface area contributed by atoms with Crippen LogP contribution in [-0.2, 0) is 4.74 Å². The Hall–Kier alpha value is -0.350. The topological polar surface area (TPSA) is 24.5 Å². The molecule has 2 rings (SSSR count). The minimum absolute atomic E-state index is 0.413. The first-order chi connectivity index (χ1) is 8.20. The highest BCUT2D eigenvalue weighted by Crippen LogP contribution is 2.21. The van der Waals surface area contributed by atoms with Crippen LogP contribution in [0.2, 0.25) is 0 Å². The Morgan fingerprint density at radius 1 is 1.29 bits per heavy atom. The van der Waals surface area contributed by atoms with E-state index in [1.807, 2.05) is 7.11 Å². The Balaban J connectivity index is 1.82. The number of nitrogens with zero attached hydrogens (tertiary/aromatic N) is 1. The van der Waals surface area contributed by atoms with Crippen molar-refractivity contribution in [1.29, 1.82) is 0 Å². The number of nitrogens with one attached hydrogen (secondary N) is 1. The van der Waals surface area contributed by atoms with Crippen LogP contribution in [0, 0.1) is 0 Å². The zero-order chi connectivity index (χ0) is 12.3. The molecule has 1 N–H and O–H groups in total. The van der Waals surface area contributed by atoms with Crippen molar-refractivity contribution < 1.29 is 4.74 Å². The molecule has 0 aromatic carbocycles. The summed E-state index contributed by atoms with van der Waals surface area (Å²) in [6, 6.07) is 1.12. The number of thiocarbonyl (C=S) groups is 1. The molecule has 4 heteroatoms. The quantitative estimate of drug-likeness (QED) is 0.766. The van der Waals surface area contributed by atoms with Crippen LogP contribution in [0.5, 0.6) is 0 Å². The van der Waals surface area contributed by atoms with Crippen LogP contribution < -0.4 is 5.32 Å². The van der Waals surface area contributed by atoms with Crippen LogP contribution in [0.1, 0.15) is 45.4 Å². The first-order valence-corrected chi connectivity index (χ1v) is 7.21. The van der Waals surface area contributed by atoms with Crippen LogP contribution in [0.25, 0.3) is 0 Å². The van der Waals surface area contributed by atoms with Gasteiger partial charge < -0.3 is 15.0 Å². The summed E-state index contributed by atoms with van der Waals surface area (Å²) >= 11 is 5.54. The second-order valence-corrected chi connectivity index (χ2v) is 5.74. The average Bonchev–Trinajstić information content (AvgIpc) is 2.81. The Bertz CT molecular complexity index is 266. The molecule has 98 valence electrons. The van der Waals surface area contributed by atoms with E-state index in [2.05, 4.69) is 17.1 Å². The normalized spacial score (nSPS) is 30.6. The van der Waals surface area contributed by atoms with Gasteiger partial charge >= 0.3 is 0 Å². The summed E-state index contributed by atoms with van der Waals surface area (Å²) in [4.78, 5) is 2.34. The van der Waals surface area contributed by atoms with Gasteiger partial charge in [0, 0.05) is 25.7 Å². The van der Waals surface area contributed by atoms with Gasteiger partial charge in [-0.2, -0.15) is 0 Å². The van der Waals surface area contributed by atoms with Crippen LogP contribution in [0.4, 0.5) is 0 Å². The molecule has 17 heavy (non-hydrogen) atoms. The maximum absolute atomic E-state index is 5.54. The number of hydrogen-bond donors (Lipinski definition) is 1.